The first-order chi connectivity index (χ1) is 9.69. The van der Waals surface area contributed by atoms with Gasteiger partial charge in [-0.3, -0.25) is 4.79 Å². The zero-order chi connectivity index (χ0) is 14.5. The molecule has 0 aliphatic heterocycles. The van der Waals surface area contributed by atoms with E-state index in [-0.39, 0.29) is 11.7 Å². The van der Waals surface area contributed by atoms with Crippen LogP contribution >= 0.6 is 0 Å². The molecule has 3 nitrogen and oxygen atoms in total. The number of carbonyl (C=O) groups is 1. The molecule has 2 rings (SSSR count). The van der Waals surface area contributed by atoms with Crippen LogP contribution < -0.4 is 9.47 Å². The summed E-state index contributed by atoms with van der Waals surface area (Å²) in [4.78, 5) is 12.6. The summed E-state index contributed by atoms with van der Waals surface area (Å²) in [7, 11) is 3.20. The summed E-state index contributed by atoms with van der Waals surface area (Å²) in [5.41, 5.74) is 0.740. The quantitative estimate of drug-likeness (QED) is 0.759. The summed E-state index contributed by atoms with van der Waals surface area (Å²) >= 11 is 0. The minimum Gasteiger partial charge on any atom is -0.493 e. The van der Waals surface area contributed by atoms with E-state index in [1.54, 1.807) is 20.3 Å². The van der Waals surface area contributed by atoms with Crippen LogP contribution in [0, 0.1) is 11.8 Å². The molecule has 0 aromatic heterocycles. The van der Waals surface area contributed by atoms with Crippen molar-refractivity contribution < 1.29 is 14.3 Å². The lowest BCUT2D eigenvalue weighted by Gasteiger charge is -2.27. The number of rotatable bonds is 5. The normalized spacial score (nSPS) is 22.4. The predicted octanol–water partition coefficient (Wildman–Crippen LogP) is 4.10. The maximum absolute atomic E-state index is 12.6. The molecule has 0 bridgehead atoms. The highest BCUT2D eigenvalue weighted by molar-refractivity contribution is 5.98. The van der Waals surface area contributed by atoms with E-state index in [0.29, 0.717) is 17.4 Å². The second-order valence-corrected chi connectivity index (χ2v) is 5.57. The molecular weight excluding hydrogens is 252 g/mol. The maximum atomic E-state index is 12.6. The fraction of sp³-hybridized carbons (Fsp3) is 0.588. The van der Waals surface area contributed by atoms with Gasteiger partial charge < -0.3 is 9.47 Å². The smallest absolute Gasteiger partial charge is 0.166 e. The number of carbonyl (C=O) groups excluding carboxylic acids is 1. The van der Waals surface area contributed by atoms with Crippen LogP contribution in [0.5, 0.6) is 11.5 Å². The van der Waals surface area contributed by atoms with Gasteiger partial charge in [0.05, 0.1) is 14.2 Å². The van der Waals surface area contributed by atoms with Crippen LogP contribution in [0.25, 0.3) is 0 Å². The Morgan fingerprint density at radius 3 is 2.60 bits per heavy atom. The zero-order valence-electron chi connectivity index (χ0n) is 12.6. The van der Waals surface area contributed by atoms with E-state index < -0.39 is 0 Å². The van der Waals surface area contributed by atoms with Gasteiger partial charge in [0.1, 0.15) is 0 Å². The van der Waals surface area contributed by atoms with Crippen LogP contribution in [0.1, 0.15) is 49.4 Å². The first kappa shape index (κ1) is 14.9. The lowest BCUT2D eigenvalue weighted by molar-refractivity contribution is 0.0861. The molecular formula is C17H24O3. The van der Waals surface area contributed by atoms with E-state index in [0.717, 1.165) is 18.4 Å². The molecule has 1 saturated carbocycles. The van der Waals surface area contributed by atoms with Crippen molar-refractivity contribution in [3.05, 3.63) is 23.8 Å². The molecule has 1 aromatic carbocycles. The topological polar surface area (TPSA) is 35.5 Å². The molecule has 0 radical (unpaired) electrons. The molecule has 0 heterocycles. The van der Waals surface area contributed by atoms with E-state index in [9.17, 15) is 4.79 Å². The first-order valence-electron chi connectivity index (χ1n) is 7.45. The Hall–Kier alpha value is -1.51. The van der Waals surface area contributed by atoms with Crippen LogP contribution in [0.3, 0.4) is 0 Å². The van der Waals surface area contributed by atoms with E-state index in [1.165, 1.54) is 19.3 Å². The summed E-state index contributed by atoms with van der Waals surface area (Å²) in [5, 5.41) is 0. The van der Waals surface area contributed by atoms with E-state index >= 15 is 0 Å². The van der Waals surface area contributed by atoms with E-state index in [4.69, 9.17) is 9.47 Å². The average Bonchev–Trinajstić information content (AvgIpc) is 2.53. The van der Waals surface area contributed by atoms with Crippen LogP contribution in [-0.4, -0.2) is 20.0 Å². The molecule has 2 unspecified atom stereocenters. The van der Waals surface area contributed by atoms with Gasteiger partial charge in [0.2, 0.25) is 0 Å². The number of ketones is 1. The van der Waals surface area contributed by atoms with Crippen LogP contribution in [-0.2, 0) is 0 Å². The Labute approximate surface area is 121 Å². The molecule has 0 spiro atoms. The Morgan fingerprint density at radius 1 is 1.20 bits per heavy atom. The standard InChI is InChI=1S/C17H24O3/c1-4-12-6-5-7-13(10-12)17(18)14-8-9-15(19-2)16(11-14)20-3/h8-9,11-13H,4-7,10H2,1-3H3. The molecule has 0 saturated heterocycles. The SMILES string of the molecule is CCC1CCCC(C(=O)c2ccc(OC)c(OC)c2)C1. The summed E-state index contributed by atoms with van der Waals surface area (Å²) in [6.07, 6.45) is 5.66. The largest absolute Gasteiger partial charge is 0.493 e. The minimum atomic E-state index is 0.173. The Balaban J connectivity index is 2.16. The van der Waals surface area contributed by atoms with Crippen molar-refractivity contribution >= 4 is 5.78 Å². The Kier molecular flexibility index (Phi) is 5.05. The molecule has 0 N–H and O–H groups in total. The van der Waals surface area contributed by atoms with Crippen LogP contribution in [0.2, 0.25) is 0 Å². The van der Waals surface area contributed by atoms with Gasteiger partial charge in [0.25, 0.3) is 0 Å². The fourth-order valence-corrected chi connectivity index (χ4v) is 3.13. The van der Waals surface area contributed by atoms with Crippen molar-refractivity contribution in [2.75, 3.05) is 14.2 Å². The van der Waals surface area contributed by atoms with Gasteiger partial charge in [-0.2, -0.15) is 0 Å². The van der Waals surface area contributed by atoms with Gasteiger partial charge in [-0.05, 0) is 37.0 Å². The van der Waals surface area contributed by atoms with Gasteiger partial charge in [-0.25, -0.2) is 0 Å². The third kappa shape index (κ3) is 3.14. The van der Waals surface area contributed by atoms with Crippen molar-refractivity contribution in [1.82, 2.24) is 0 Å². The number of Topliss-reactive ketones (excluding diaryl/α,β-unsaturated/α-hetero) is 1. The zero-order valence-corrected chi connectivity index (χ0v) is 12.6. The van der Waals surface area contributed by atoms with Crippen molar-refractivity contribution in [2.24, 2.45) is 11.8 Å². The van der Waals surface area contributed by atoms with E-state index in [2.05, 4.69) is 6.92 Å². The summed E-state index contributed by atoms with van der Waals surface area (Å²) < 4.78 is 10.5. The van der Waals surface area contributed by atoms with Crippen molar-refractivity contribution in [3.8, 4) is 11.5 Å². The second-order valence-electron chi connectivity index (χ2n) is 5.57. The molecule has 110 valence electrons. The highest BCUT2D eigenvalue weighted by Gasteiger charge is 2.27. The van der Waals surface area contributed by atoms with Crippen molar-refractivity contribution in [1.29, 1.82) is 0 Å². The number of benzene rings is 1. The lowest BCUT2D eigenvalue weighted by atomic mass is 9.77. The summed E-state index contributed by atoms with van der Waals surface area (Å²) in [5.74, 6) is 2.43. The van der Waals surface area contributed by atoms with Crippen molar-refractivity contribution in [3.63, 3.8) is 0 Å². The molecule has 2 atom stereocenters. The highest BCUT2D eigenvalue weighted by atomic mass is 16.5. The molecule has 1 aliphatic rings. The summed E-state index contributed by atoms with van der Waals surface area (Å²) in [6, 6.07) is 5.46. The third-order valence-corrected chi connectivity index (χ3v) is 4.40. The maximum Gasteiger partial charge on any atom is 0.166 e. The first-order valence-corrected chi connectivity index (χ1v) is 7.45. The minimum absolute atomic E-state index is 0.173. The predicted molar refractivity (Wildman–Crippen MR) is 79.6 cm³/mol. The van der Waals surface area contributed by atoms with E-state index in [1.807, 2.05) is 12.1 Å². The van der Waals surface area contributed by atoms with Gasteiger partial charge in [-0.15, -0.1) is 0 Å². The fourth-order valence-electron chi connectivity index (χ4n) is 3.13. The van der Waals surface area contributed by atoms with Gasteiger partial charge in [-0.1, -0.05) is 26.2 Å². The van der Waals surface area contributed by atoms with Crippen LogP contribution in [0.4, 0.5) is 0 Å². The molecule has 1 fully saturated rings. The number of hydrogen-bond donors (Lipinski definition) is 0. The Morgan fingerprint density at radius 2 is 1.95 bits per heavy atom. The van der Waals surface area contributed by atoms with Gasteiger partial charge in [0.15, 0.2) is 17.3 Å². The number of hydrogen-bond acceptors (Lipinski definition) is 3. The monoisotopic (exact) mass is 276 g/mol. The molecule has 1 aliphatic carbocycles. The molecule has 20 heavy (non-hydrogen) atoms. The van der Waals surface area contributed by atoms with Gasteiger partial charge in [0, 0.05) is 11.5 Å². The second kappa shape index (κ2) is 6.78. The van der Waals surface area contributed by atoms with Gasteiger partial charge >= 0.3 is 0 Å². The van der Waals surface area contributed by atoms with Crippen LogP contribution in [0.15, 0.2) is 18.2 Å². The number of methoxy groups -OCH3 is 2. The third-order valence-electron chi connectivity index (χ3n) is 4.40. The molecule has 1 aromatic rings. The average molecular weight is 276 g/mol. The molecule has 0 amide bonds. The van der Waals surface area contributed by atoms with Crippen molar-refractivity contribution in [2.45, 2.75) is 39.0 Å². The highest BCUT2D eigenvalue weighted by Crippen LogP contribution is 2.35. The number of ether oxygens (including phenoxy) is 2. The lowest BCUT2D eigenvalue weighted by Crippen LogP contribution is -2.22. The molecule has 3 heteroatoms. The Bertz CT molecular complexity index is 467. The summed E-state index contributed by atoms with van der Waals surface area (Å²) in [6.45, 7) is 2.22.